The summed E-state index contributed by atoms with van der Waals surface area (Å²) in [6.07, 6.45) is 2.08. The predicted molar refractivity (Wildman–Crippen MR) is 115 cm³/mol. The van der Waals surface area contributed by atoms with Crippen molar-refractivity contribution in [3.05, 3.63) is 57.6 Å². The highest BCUT2D eigenvalue weighted by molar-refractivity contribution is 6.31. The fraction of sp³-hybridized carbons (Fsp3) is 0.500. The van der Waals surface area contributed by atoms with Gasteiger partial charge in [-0.1, -0.05) is 17.7 Å². The molecule has 0 bridgehead atoms. The Hall–Kier alpha value is -1.79. The van der Waals surface area contributed by atoms with Gasteiger partial charge in [0, 0.05) is 43.1 Å². The molecule has 2 atom stereocenters. The fourth-order valence-electron chi connectivity index (χ4n) is 4.97. The first-order valence-electron chi connectivity index (χ1n) is 10.8. The van der Waals surface area contributed by atoms with Crippen LogP contribution in [-0.2, 0) is 6.42 Å². The maximum Gasteiger partial charge on any atom is 0.126 e. The number of fused-ring (bicyclic) bond motifs is 2. The molecule has 3 aliphatic heterocycles. The van der Waals surface area contributed by atoms with Gasteiger partial charge in [-0.3, -0.25) is 0 Å². The van der Waals surface area contributed by atoms with Crippen LogP contribution in [-0.4, -0.2) is 47.0 Å². The minimum Gasteiger partial charge on any atom is -0.493 e. The molecule has 6 heteroatoms. The maximum atomic E-state index is 10.8. The molecule has 160 valence electrons. The third-order valence-corrected chi connectivity index (χ3v) is 7.25. The number of benzene rings is 2. The van der Waals surface area contributed by atoms with Crippen LogP contribution in [0.3, 0.4) is 0 Å². The Bertz CT molecular complexity index is 954. The molecule has 2 aromatic carbocycles. The Morgan fingerprint density at radius 2 is 2.00 bits per heavy atom. The van der Waals surface area contributed by atoms with Crippen molar-refractivity contribution >= 4 is 11.6 Å². The van der Waals surface area contributed by atoms with E-state index >= 15 is 0 Å². The average molecular weight is 430 g/mol. The fourth-order valence-corrected chi connectivity index (χ4v) is 5.14. The number of hydrogen-bond donors (Lipinski definition) is 2. The van der Waals surface area contributed by atoms with Crippen LogP contribution in [0.25, 0.3) is 0 Å². The van der Waals surface area contributed by atoms with Gasteiger partial charge in [0.1, 0.15) is 17.1 Å². The Morgan fingerprint density at radius 3 is 2.80 bits per heavy atom. The second-order valence-corrected chi connectivity index (χ2v) is 9.33. The third-order valence-electron chi connectivity index (χ3n) is 6.84. The molecule has 0 saturated carbocycles. The summed E-state index contributed by atoms with van der Waals surface area (Å²) < 4.78 is 12.0. The van der Waals surface area contributed by atoms with Gasteiger partial charge in [0.2, 0.25) is 0 Å². The van der Waals surface area contributed by atoms with Gasteiger partial charge in [0.05, 0.1) is 18.8 Å². The number of β-amino-alcohol motifs (C(OH)–C–C–N with tert-alkyl or cyclic N) is 1. The quantitative estimate of drug-likeness (QED) is 0.773. The van der Waals surface area contributed by atoms with Gasteiger partial charge < -0.3 is 24.6 Å². The summed E-state index contributed by atoms with van der Waals surface area (Å²) in [5.74, 6) is 1.69. The lowest BCUT2D eigenvalue weighted by Crippen LogP contribution is -2.51. The number of nitrogens with zero attached hydrogens (tertiary/aromatic N) is 1. The van der Waals surface area contributed by atoms with Gasteiger partial charge in [-0.15, -0.1) is 0 Å². The molecule has 0 radical (unpaired) electrons. The largest absolute Gasteiger partial charge is 0.493 e. The molecule has 1 spiro atoms. The second-order valence-electron chi connectivity index (χ2n) is 8.93. The molecular weight excluding hydrogens is 402 g/mol. The molecule has 2 N–H and O–H groups in total. The van der Waals surface area contributed by atoms with E-state index in [1.54, 1.807) is 0 Å². The molecule has 5 rings (SSSR count). The zero-order valence-corrected chi connectivity index (χ0v) is 18.0. The highest BCUT2D eigenvalue weighted by Gasteiger charge is 2.43. The molecule has 1 fully saturated rings. The highest BCUT2D eigenvalue weighted by atomic mass is 35.5. The van der Waals surface area contributed by atoms with E-state index in [0.717, 1.165) is 67.1 Å². The number of aliphatic hydroxyl groups excluding tert-OH is 2. The molecule has 30 heavy (non-hydrogen) atoms. The topological polar surface area (TPSA) is 62.2 Å². The number of likely N-dealkylation sites (tertiary alicyclic amines) is 1. The Kier molecular flexibility index (Phi) is 5.18. The smallest absolute Gasteiger partial charge is 0.126 e. The summed E-state index contributed by atoms with van der Waals surface area (Å²) in [6, 6.07) is 9.77. The summed E-state index contributed by atoms with van der Waals surface area (Å²) in [4.78, 5) is 2.29. The highest BCUT2D eigenvalue weighted by Crippen LogP contribution is 2.45. The number of ether oxygens (including phenoxy) is 2. The van der Waals surface area contributed by atoms with E-state index in [9.17, 15) is 10.2 Å². The van der Waals surface area contributed by atoms with Gasteiger partial charge in [0.15, 0.2) is 0 Å². The standard InChI is InChI=1S/C24H28ClNO4/c1-15-10-23-18(12-19(15)25)20(27)13-24(30-23)5-7-26(8-6-24)14-21(28)16-2-3-22-17(11-16)4-9-29-22/h2-3,10-12,20-21,27-28H,4-9,13-14H2,1H3. The molecule has 5 nitrogen and oxygen atoms in total. The molecule has 0 amide bonds. The first kappa shape index (κ1) is 20.1. The molecule has 3 heterocycles. The van der Waals surface area contributed by atoms with Gasteiger partial charge in [-0.2, -0.15) is 0 Å². The lowest BCUT2D eigenvalue weighted by Gasteiger charge is -2.46. The van der Waals surface area contributed by atoms with Crippen molar-refractivity contribution in [1.29, 1.82) is 0 Å². The van der Waals surface area contributed by atoms with Crippen LogP contribution in [0.2, 0.25) is 5.02 Å². The second kappa shape index (κ2) is 7.72. The molecule has 0 aromatic heterocycles. The summed E-state index contributed by atoms with van der Waals surface area (Å²) in [5.41, 5.74) is 3.53. The van der Waals surface area contributed by atoms with Gasteiger partial charge in [-0.25, -0.2) is 0 Å². The third kappa shape index (κ3) is 3.69. The summed E-state index contributed by atoms with van der Waals surface area (Å²) in [5, 5.41) is 22.2. The Labute approximate surface area is 182 Å². The molecule has 2 aromatic rings. The van der Waals surface area contributed by atoms with Crippen molar-refractivity contribution in [3.8, 4) is 11.5 Å². The van der Waals surface area contributed by atoms with Crippen LogP contribution in [0.15, 0.2) is 30.3 Å². The van der Waals surface area contributed by atoms with Gasteiger partial charge >= 0.3 is 0 Å². The van der Waals surface area contributed by atoms with Crippen LogP contribution in [0.1, 0.15) is 53.7 Å². The van der Waals surface area contributed by atoms with E-state index in [4.69, 9.17) is 21.1 Å². The number of hydrogen-bond acceptors (Lipinski definition) is 5. The van der Waals surface area contributed by atoms with Crippen molar-refractivity contribution in [2.24, 2.45) is 0 Å². The summed E-state index contributed by atoms with van der Waals surface area (Å²) in [7, 11) is 0. The van der Waals surface area contributed by atoms with E-state index in [1.165, 1.54) is 5.56 Å². The number of piperidine rings is 1. The van der Waals surface area contributed by atoms with E-state index in [-0.39, 0.29) is 5.60 Å². The number of halogens is 1. The monoisotopic (exact) mass is 429 g/mol. The Morgan fingerprint density at radius 1 is 1.20 bits per heavy atom. The summed E-state index contributed by atoms with van der Waals surface area (Å²) in [6.45, 7) is 4.95. The van der Waals surface area contributed by atoms with Crippen LogP contribution in [0.4, 0.5) is 0 Å². The van der Waals surface area contributed by atoms with Crippen LogP contribution in [0.5, 0.6) is 11.5 Å². The van der Waals surface area contributed by atoms with E-state index in [0.29, 0.717) is 18.0 Å². The first-order chi connectivity index (χ1) is 14.4. The van der Waals surface area contributed by atoms with Crippen molar-refractivity contribution in [2.75, 3.05) is 26.2 Å². The zero-order valence-electron chi connectivity index (χ0n) is 17.2. The molecule has 1 saturated heterocycles. The number of aliphatic hydroxyl groups is 2. The average Bonchev–Trinajstić information content (AvgIpc) is 3.19. The molecule has 0 aliphatic carbocycles. The summed E-state index contributed by atoms with van der Waals surface area (Å²) >= 11 is 6.23. The lowest BCUT2D eigenvalue weighted by molar-refractivity contribution is -0.0588. The SMILES string of the molecule is Cc1cc2c(cc1Cl)C(O)CC1(CCN(CC(O)c3ccc4c(c3)CCO4)CC1)O2. The van der Waals surface area contributed by atoms with E-state index in [2.05, 4.69) is 11.0 Å². The maximum absolute atomic E-state index is 10.8. The van der Waals surface area contributed by atoms with E-state index in [1.807, 2.05) is 31.2 Å². The normalized spacial score (nSPS) is 23.4. The number of aryl methyl sites for hydroxylation is 1. The zero-order chi connectivity index (χ0) is 20.9. The predicted octanol–water partition coefficient (Wildman–Crippen LogP) is 3.97. The molecule has 3 aliphatic rings. The van der Waals surface area contributed by atoms with Crippen molar-refractivity contribution in [3.63, 3.8) is 0 Å². The van der Waals surface area contributed by atoms with Crippen LogP contribution in [0, 0.1) is 6.92 Å². The first-order valence-corrected chi connectivity index (χ1v) is 11.1. The van der Waals surface area contributed by atoms with Crippen molar-refractivity contribution < 1.29 is 19.7 Å². The lowest BCUT2D eigenvalue weighted by atomic mass is 9.81. The van der Waals surface area contributed by atoms with Crippen LogP contribution < -0.4 is 9.47 Å². The van der Waals surface area contributed by atoms with E-state index < -0.39 is 12.2 Å². The minimum atomic E-state index is -0.558. The van der Waals surface area contributed by atoms with Crippen LogP contribution >= 0.6 is 11.6 Å². The minimum absolute atomic E-state index is 0.348. The van der Waals surface area contributed by atoms with Crippen molar-refractivity contribution in [2.45, 2.75) is 50.4 Å². The van der Waals surface area contributed by atoms with Gasteiger partial charge in [0.25, 0.3) is 0 Å². The van der Waals surface area contributed by atoms with Crippen molar-refractivity contribution in [1.82, 2.24) is 4.90 Å². The number of rotatable bonds is 3. The van der Waals surface area contributed by atoms with Gasteiger partial charge in [-0.05, 0) is 60.7 Å². The molecule has 2 unspecified atom stereocenters. The molecular formula is C24H28ClNO4. The Balaban J connectivity index is 1.23.